The summed E-state index contributed by atoms with van der Waals surface area (Å²) in [5, 5.41) is 2.75. The number of nitrogens with one attached hydrogen (secondary N) is 1. The van der Waals surface area contributed by atoms with E-state index in [2.05, 4.69) is 32.1 Å². The van der Waals surface area contributed by atoms with Crippen LogP contribution in [0.3, 0.4) is 0 Å². The molecule has 0 atom stereocenters. The molecule has 1 N–H and O–H groups in total. The summed E-state index contributed by atoms with van der Waals surface area (Å²) in [6, 6.07) is 9.30. The second-order valence-corrected chi connectivity index (χ2v) is 8.24. The molecule has 32 heavy (non-hydrogen) atoms. The number of anilines is 1. The summed E-state index contributed by atoms with van der Waals surface area (Å²) in [6.45, 7) is 4.16. The van der Waals surface area contributed by atoms with Gasteiger partial charge in [-0.3, -0.25) is 9.78 Å². The number of nitrogens with zero attached hydrogens (tertiary/aromatic N) is 4. The minimum Gasteiger partial charge on any atom is -0.368 e. The Kier molecular flexibility index (Phi) is 5.30. The summed E-state index contributed by atoms with van der Waals surface area (Å²) in [7, 11) is 2.11. The van der Waals surface area contributed by atoms with Gasteiger partial charge in [-0.25, -0.2) is 13.8 Å². The van der Waals surface area contributed by atoms with E-state index in [1.165, 1.54) is 18.2 Å². The van der Waals surface area contributed by atoms with Crippen LogP contribution < -0.4 is 10.2 Å². The highest BCUT2D eigenvalue weighted by Gasteiger charge is 2.27. The third-order valence-corrected chi connectivity index (χ3v) is 6.09. The van der Waals surface area contributed by atoms with Crippen LogP contribution in [0, 0.1) is 11.6 Å². The molecule has 3 aromatic rings. The molecule has 6 nitrogen and oxygen atoms in total. The van der Waals surface area contributed by atoms with Gasteiger partial charge in [-0.05, 0) is 42.9 Å². The van der Waals surface area contributed by atoms with Crippen molar-refractivity contribution in [1.82, 2.24) is 20.2 Å². The van der Waals surface area contributed by atoms with Crippen LogP contribution in [0.4, 0.5) is 14.5 Å². The number of halogens is 2. The Balaban J connectivity index is 1.47. The van der Waals surface area contributed by atoms with Crippen molar-refractivity contribution < 1.29 is 13.6 Å². The number of amides is 1. The van der Waals surface area contributed by atoms with Gasteiger partial charge in [-0.1, -0.05) is 6.07 Å². The number of likely N-dealkylation sites (N-methyl/N-ethyl adjacent to an activating group) is 1. The maximum absolute atomic E-state index is 14.4. The van der Waals surface area contributed by atoms with Crippen molar-refractivity contribution in [2.45, 2.75) is 13.0 Å². The maximum Gasteiger partial charge on any atom is 0.253 e. The lowest BCUT2D eigenvalue weighted by Crippen LogP contribution is -2.44. The number of aromatic nitrogens is 2. The van der Waals surface area contributed by atoms with E-state index >= 15 is 0 Å². The summed E-state index contributed by atoms with van der Waals surface area (Å²) in [4.78, 5) is 26.0. The van der Waals surface area contributed by atoms with Crippen molar-refractivity contribution in [1.29, 1.82) is 0 Å². The summed E-state index contributed by atoms with van der Waals surface area (Å²) in [5.74, 6) is -1.59. The predicted molar refractivity (Wildman–Crippen MR) is 118 cm³/mol. The minimum atomic E-state index is -0.685. The van der Waals surface area contributed by atoms with Crippen LogP contribution in [0.2, 0.25) is 0 Å². The van der Waals surface area contributed by atoms with Gasteiger partial charge in [-0.2, -0.15) is 0 Å². The number of rotatable bonds is 4. The number of carbonyl (C=O) groups is 1. The molecule has 4 heterocycles. The number of fused-ring (bicyclic) bond motifs is 1. The highest BCUT2D eigenvalue weighted by Crippen LogP contribution is 2.30. The highest BCUT2D eigenvalue weighted by molar-refractivity contribution is 5.99. The van der Waals surface area contributed by atoms with Gasteiger partial charge in [0.1, 0.15) is 11.6 Å². The van der Waals surface area contributed by atoms with Crippen LogP contribution in [-0.2, 0) is 13.0 Å². The van der Waals surface area contributed by atoms with Gasteiger partial charge in [0.25, 0.3) is 5.91 Å². The van der Waals surface area contributed by atoms with Crippen LogP contribution in [0.5, 0.6) is 0 Å². The molecule has 2 aliphatic rings. The smallest absolute Gasteiger partial charge is 0.253 e. The molecular formula is C24H23F2N5O. The van der Waals surface area contributed by atoms with E-state index in [4.69, 9.17) is 0 Å². The first-order valence-corrected chi connectivity index (χ1v) is 10.6. The fourth-order valence-electron chi connectivity index (χ4n) is 4.29. The largest absolute Gasteiger partial charge is 0.368 e. The van der Waals surface area contributed by atoms with E-state index in [0.29, 0.717) is 23.2 Å². The van der Waals surface area contributed by atoms with Crippen molar-refractivity contribution in [3.05, 3.63) is 76.7 Å². The SMILES string of the molecule is CN1CCN(c2ccc(Cc3cc(-c4c(F)cccc4F)nc4c3C(=O)NC4)nc2)CC1. The van der Waals surface area contributed by atoms with Crippen molar-refractivity contribution in [3.8, 4) is 11.3 Å². The Morgan fingerprint density at radius 3 is 2.47 bits per heavy atom. The van der Waals surface area contributed by atoms with E-state index in [0.717, 1.165) is 37.6 Å². The maximum atomic E-state index is 14.4. The van der Waals surface area contributed by atoms with E-state index in [-0.39, 0.29) is 23.7 Å². The lowest BCUT2D eigenvalue weighted by molar-refractivity contribution is 0.0965. The molecule has 0 radical (unpaired) electrons. The molecule has 164 valence electrons. The van der Waals surface area contributed by atoms with E-state index in [9.17, 15) is 13.6 Å². The fraction of sp³-hybridized carbons (Fsp3) is 0.292. The van der Waals surface area contributed by atoms with E-state index in [1.54, 1.807) is 6.07 Å². The molecule has 0 saturated carbocycles. The molecule has 1 amide bonds. The first-order chi connectivity index (χ1) is 15.5. The van der Waals surface area contributed by atoms with Crippen LogP contribution >= 0.6 is 0 Å². The van der Waals surface area contributed by atoms with Gasteiger partial charge in [-0.15, -0.1) is 0 Å². The Bertz CT molecular complexity index is 1150. The zero-order valence-electron chi connectivity index (χ0n) is 17.7. The molecule has 0 unspecified atom stereocenters. The Labute approximate surface area is 184 Å². The fourth-order valence-corrected chi connectivity index (χ4v) is 4.29. The molecule has 0 spiro atoms. The van der Waals surface area contributed by atoms with Gasteiger partial charge in [0.15, 0.2) is 0 Å². The summed E-state index contributed by atoms with van der Waals surface area (Å²) in [6.07, 6.45) is 2.21. The molecule has 1 fully saturated rings. The number of carbonyl (C=O) groups excluding carboxylic acids is 1. The van der Waals surface area contributed by atoms with E-state index < -0.39 is 11.6 Å². The summed E-state index contributed by atoms with van der Waals surface area (Å²) < 4.78 is 28.8. The van der Waals surface area contributed by atoms with Crippen molar-refractivity contribution in [2.24, 2.45) is 0 Å². The average molecular weight is 435 g/mol. The van der Waals surface area contributed by atoms with Crippen molar-refractivity contribution >= 4 is 11.6 Å². The van der Waals surface area contributed by atoms with Crippen LogP contribution in [0.25, 0.3) is 11.3 Å². The first-order valence-electron chi connectivity index (χ1n) is 10.6. The lowest BCUT2D eigenvalue weighted by atomic mass is 9.98. The number of hydrogen-bond acceptors (Lipinski definition) is 5. The molecule has 5 rings (SSSR count). The van der Waals surface area contributed by atoms with Crippen molar-refractivity contribution in [3.63, 3.8) is 0 Å². The molecule has 2 aliphatic heterocycles. The number of pyridine rings is 2. The summed E-state index contributed by atoms with van der Waals surface area (Å²) >= 11 is 0. The van der Waals surface area contributed by atoms with Gasteiger partial charge >= 0.3 is 0 Å². The summed E-state index contributed by atoms with van der Waals surface area (Å²) in [5.41, 5.74) is 3.45. The lowest BCUT2D eigenvalue weighted by Gasteiger charge is -2.33. The number of piperazine rings is 1. The quantitative estimate of drug-likeness (QED) is 0.683. The predicted octanol–water partition coefficient (Wildman–Crippen LogP) is 3.01. The molecule has 0 aliphatic carbocycles. The average Bonchev–Trinajstić information content (AvgIpc) is 3.16. The minimum absolute atomic E-state index is 0.180. The highest BCUT2D eigenvalue weighted by atomic mass is 19.1. The zero-order valence-corrected chi connectivity index (χ0v) is 17.7. The van der Waals surface area contributed by atoms with Crippen molar-refractivity contribution in [2.75, 3.05) is 38.1 Å². The van der Waals surface area contributed by atoms with Gasteiger partial charge in [0.2, 0.25) is 0 Å². The Morgan fingerprint density at radius 2 is 1.78 bits per heavy atom. The number of benzene rings is 1. The van der Waals surface area contributed by atoms with Crippen LogP contribution in [0.1, 0.15) is 27.3 Å². The molecule has 0 bridgehead atoms. The molecular weight excluding hydrogens is 412 g/mol. The molecule has 1 saturated heterocycles. The zero-order chi connectivity index (χ0) is 22.2. The van der Waals surface area contributed by atoms with E-state index in [1.807, 2.05) is 18.3 Å². The molecule has 1 aromatic carbocycles. The van der Waals surface area contributed by atoms with Gasteiger partial charge < -0.3 is 15.1 Å². The molecule has 2 aromatic heterocycles. The van der Waals surface area contributed by atoms with Gasteiger partial charge in [0.05, 0.1) is 40.9 Å². The standard InChI is InChI=1S/C24H23F2N5O/c1-30-7-9-31(10-8-30)17-6-5-16(27-13-17)11-15-12-20(23-18(25)3-2-4-19(23)26)29-21-14-28-24(32)22(15)21/h2-6,12-13H,7-11,14H2,1H3,(H,28,32). The molecule has 8 heteroatoms. The third-order valence-electron chi connectivity index (χ3n) is 6.09. The van der Waals surface area contributed by atoms with Crippen LogP contribution in [-0.4, -0.2) is 54.0 Å². The van der Waals surface area contributed by atoms with Gasteiger partial charge in [0, 0.05) is 38.3 Å². The number of hydrogen-bond donors (Lipinski definition) is 1. The monoisotopic (exact) mass is 435 g/mol. The van der Waals surface area contributed by atoms with Crippen LogP contribution in [0.15, 0.2) is 42.6 Å². The third kappa shape index (κ3) is 3.82. The first kappa shape index (κ1) is 20.5. The Hall–Kier alpha value is -3.39. The topological polar surface area (TPSA) is 61.4 Å². The normalized spacial score (nSPS) is 16.2. The Morgan fingerprint density at radius 1 is 1.03 bits per heavy atom. The second kappa shape index (κ2) is 8.27. The second-order valence-electron chi connectivity index (χ2n) is 8.24.